The van der Waals surface area contributed by atoms with Gasteiger partial charge in [-0.2, -0.15) is 0 Å². The van der Waals surface area contributed by atoms with Crippen LogP contribution in [0.25, 0.3) is 0 Å². The number of aliphatic hydroxyl groups excluding tert-OH is 1. The van der Waals surface area contributed by atoms with Crippen molar-refractivity contribution in [3.8, 4) is 0 Å². The summed E-state index contributed by atoms with van der Waals surface area (Å²) in [5.41, 5.74) is 6.76. The topological polar surface area (TPSA) is 78.6 Å². The zero-order valence-electron chi connectivity index (χ0n) is 12.0. The molecule has 2 rings (SSSR count). The molecule has 0 unspecified atom stereocenters. The number of benzene rings is 1. The number of halogens is 1. The molecular weight excluding hydrogens is 290 g/mol. The second kappa shape index (κ2) is 7.64. The van der Waals surface area contributed by atoms with E-state index < -0.39 is 0 Å². The van der Waals surface area contributed by atoms with Crippen molar-refractivity contribution in [2.75, 3.05) is 30.7 Å². The third-order valence-corrected chi connectivity index (χ3v) is 4.18. The Morgan fingerprint density at radius 3 is 2.76 bits per heavy atom. The number of nitrogens with zero attached hydrogens (tertiary/aromatic N) is 1. The molecule has 1 aliphatic rings. The Morgan fingerprint density at radius 2 is 2.19 bits per heavy atom. The molecule has 0 radical (unpaired) electrons. The summed E-state index contributed by atoms with van der Waals surface area (Å²) in [7, 11) is 0. The van der Waals surface area contributed by atoms with E-state index in [1.807, 2.05) is 0 Å². The SMILES string of the molecule is Nc1ccc(NC(=O)CCN(CCO)C2CCC2)c(Cl)c1. The molecule has 6 heteroatoms. The minimum absolute atomic E-state index is 0.0797. The lowest BCUT2D eigenvalue weighted by Crippen LogP contribution is -2.43. The van der Waals surface area contributed by atoms with E-state index in [9.17, 15) is 4.79 Å². The van der Waals surface area contributed by atoms with Gasteiger partial charge in [0.15, 0.2) is 0 Å². The number of hydrogen-bond donors (Lipinski definition) is 3. The molecule has 0 spiro atoms. The lowest BCUT2D eigenvalue weighted by molar-refractivity contribution is -0.116. The summed E-state index contributed by atoms with van der Waals surface area (Å²) in [6, 6.07) is 5.54. The summed E-state index contributed by atoms with van der Waals surface area (Å²) in [4.78, 5) is 14.2. The second-order valence-electron chi connectivity index (χ2n) is 5.38. The first-order valence-corrected chi connectivity index (χ1v) is 7.67. The molecule has 0 bridgehead atoms. The Balaban J connectivity index is 1.83. The van der Waals surface area contributed by atoms with Crippen molar-refractivity contribution in [2.24, 2.45) is 0 Å². The summed E-state index contributed by atoms with van der Waals surface area (Å²) in [6.07, 6.45) is 3.94. The van der Waals surface area contributed by atoms with Crippen LogP contribution in [0.2, 0.25) is 5.02 Å². The van der Waals surface area contributed by atoms with Gasteiger partial charge in [-0.3, -0.25) is 9.69 Å². The number of nitrogens with one attached hydrogen (secondary N) is 1. The lowest BCUT2D eigenvalue weighted by Gasteiger charge is -2.37. The van der Waals surface area contributed by atoms with E-state index in [4.69, 9.17) is 22.4 Å². The fourth-order valence-electron chi connectivity index (χ4n) is 2.45. The highest BCUT2D eigenvalue weighted by Gasteiger charge is 2.24. The van der Waals surface area contributed by atoms with Crippen LogP contribution in [0.5, 0.6) is 0 Å². The summed E-state index contributed by atoms with van der Waals surface area (Å²) >= 11 is 6.03. The largest absolute Gasteiger partial charge is 0.399 e. The predicted molar refractivity (Wildman–Crippen MR) is 85.4 cm³/mol. The van der Waals surface area contributed by atoms with E-state index in [1.54, 1.807) is 18.2 Å². The fraction of sp³-hybridized carbons (Fsp3) is 0.533. The highest BCUT2D eigenvalue weighted by molar-refractivity contribution is 6.34. The minimum Gasteiger partial charge on any atom is -0.399 e. The van der Waals surface area contributed by atoms with Gasteiger partial charge in [0.25, 0.3) is 0 Å². The molecule has 0 aromatic heterocycles. The third kappa shape index (κ3) is 4.59. The first-order chi connectivity index (χ1) is 10.1. The Bertz CT molecular complexity index is 492. The molecule has 0 aliphatic heterocycles. The molecule has 1 aromatic rings. The highest BCUT2D eigenvalue weighted by atomic mass is 35.5. The number of aliphatic hydroxyl groups is 1. The molecule has 116 valence electrons. The van der Waals surface area contributed by atoms with E-state index in [0.717, 1.165) is 12.8 Å². The first kappa shape index (κ1) is 16.1. The van der Waals surface area contributed by atoms with Gasteiger partial charge in [-0.05, 0) is 31.0 Å². The van der Waals surface area contributed by atoms with Gasteiger partial charge in [0.05, 0.1) is 17.3 Å². The van der Waals surface area contributed by atoms with Crippen LogP contribution in [-0.4, -0.2) is 41.7 Å². The van der Waals surface area contributed by atoms with E-state index in [0.29, 0.717) is 41.9 Å². The molecule has 1 aromatic carbocycles. The van der Waals surface area contributed by atoms with Crippen LogP contribution in [0.4, 0.5) is 11.4 Å². The highest BCUT2D eigenvalue weighted by Crippen LogP contribution is 2.26. The van der Waals surface area contributed by atoms with Crippen molar-refractivity contribution in [2.45, 2.75) is 31.7 Å². The number of carbonyl (C=O) groups excluding carboxylic acids is 1. The third-order valence-electron chi connectivity index (χ3n) is 3.87. The molecule has 1 saturated carbocycles. The number of rotatable bonds is 7. The molecule has 1 fully saturated rings. The van der Waals surface area contributed by atoms with Gasteiger partial charge in [0, 0.05) is 31.2 Å². The van der Waals surface area contributed by atoms with E-state index in [2.05, 4.69) is 10.2 Å². The van der Waals surface area contributed by atoms with Gasteiger partial charge in [0.1, 0.15) is 0 Å². The quantitative estimate of drug-likeness (QED) is 0.674. The van der Waals surface area contributed by atoms with E-state index in [-0.39, 0.29) is 12.5 Å². The van der Waals surface area contributed by atoms with Crippen LogP contribution >= 0.6 is 11.6 Å². The number of carbonyl (C=O) groups is 1. The Labute approximate surface area is 130 Å². The van der Waals surface area contributed by atoms with Gasteiger partial charge in [0.2, 0.25) is 5.91 Å². The Hall–Kier alpha value is -1.30. The standard InChI is InChI=1S/C15H22ClN3O2/c16-13-10-11(17)4-5-14(13)18-15(21)6-7-19(8-9-20)12-2-1-3-12/h4-5,10,12,20H,1-3,6-9,17H2,(H,18,21). The van der Waals surface area contributed by atoms with Crippen LogP contribution < -0.4 is 11.1 Å². The van der Waals surface area contributed by atoms with Crippen molar-refractivity contribution >= 4 is 28.9 Å². The molecule has 1 amide bonds. The maximum absolute atomic E-state index is 12.0. The van der Waals surface area contributed by atoms with Gasteiger partial charge < -0.3 is 16.2 Å². The molecule has 21 heavy (non-hydrogen) atoms. The average Bonchev–Trinajstić information content (AvgIpc) is 2.37. The number of amides is 1. The molecule has 1 aliphatic carbocycles. The summed E-state index contributed by atoms with van der Waals surface area (Å²) in [5, 5.41) is 12.3. The van der Waals surface area contributed by atoms with Gasteiger partial charge >= 0.3 is 0 Å². The zero-order chi connectivity index (χ0) is 15.2. The monoisotopic (exact) mass is 311 g/mol. The van der Waals surface area contributed by atoms with E-state index >= 15 is 0 Å². The van der Waals surface area contributed by atoms with Crippen LogP contribution in [0.15, 0.2) is 18.2 Å². The van der Waals surface area contributed by atoms with Gasteiger partial charge in [-0.1, -0.05) is 18.0 Å². The van der Waals surface area contributed by atoms with Gasteiger partial charge in [-0.15, -0.1) is 0 Å². The van der Waals surface area contributed by atoms with Crippen molar-refractivity contribution in [1.29, 1.82) is 0 Å². The summed E-state index contributed by atoms with van der Waals surface area (Å²) < 4.78 is 0. The fourth-order valence-corrected chi connectivity index (χ4v) is 2.68. The maximum atomic E-state index is 12.0. The second-order valence-corrected chi connectivity index (χ2v) is 5.79. The number of nitrogen functional groups attached to an aromatic ring is 1. The van der Waals surface area contributed by atoms with Crippen molar-refractivity contribution < 1.29 is 9.90 Å². The molecule has 0 saturated heterocycles. The number of nitrogens with two attached hydrogens (primary N) is 1. The first-order valence-electron chi connectivity index (χ1n) is 7.30. The maximum Gasteiger partial charge on any atom is 0.225 e. The number of hydrogen-bond acceptors (Lipinski definition) is 4. The molecular formula is C15H22ClN3O2. The predicted octanol–water partition coefficient (Wildman–Crippen LogP) is 2.10. The smallest absolute Gasteiger partial charge is 0.225 e. The Kier molecular flexibility index (Phi) is 5.85. The molecule has 5 nitrogen and oxygen atoms in total. The van der Waals surface area contributed by atoms with Crippen LogP contribution in [0, 0.1) is 0 Å². The van der Waals surface area contributed by atoms with E-state index in [1.165, 1.54) is 6.42 Å². The van der Waals surface area contributed by atoms with Crippen molar-refractivity contribution in [3.63, 3.8) is 0 Å². The minimum atomic E-state index is -0.0797. The van der Waals surface area contributed by atoms with Gasteiger partial charge in [-0.25, -0.2) is 0 Å². The normalized spacial score (nSPS) is 15.0. The van der Waals surface area contributed by atoms with Crippen LogP contribution in [0.1, 0.15) is 25.7 Å². The van der Waals surface area contributed by atoms with Crippen molar-refractivity contribution in [1.82, 2.24) is 4.90 Å². The summed E-state index contributed by atoms with van der Waals surface area (Å²) in [6.45, 7) is 1.41. The molecule has 0 heterocycles. The van der Waals surface area contributed by atoms with Crippen LogP contribution in [0.3, 0.4) is 0 Å². The average molecular weight is 312 g/mol. The van der Waals surface area contributed by atoms with Crippen molar-refractivity contribution in [3.05, 3.63) is 23.2 Å². The molecule has 0 atom stereocenters. The lowest BCUT2D eigenvalue weighted by atomic mass is 9.91. The van der Waals surface area contributed by atoms with Crippen LogP contribution in [-0.2, 0) is 4.79 Å². The Morgan fingerprint density at radius 1 is 1.43 bits per heavy atom. The zero-order valence-corrected chi connectivity index (χ0v) is 12.8. The molecule has 4 N–H and O–H groups in total. The summed E-state index contributed by atoms with van der Waals surface area (Å²) in [5.74, 6) is -0.0797. The number of anilines is 2.